The summed E-state index contributed by atoms with van der Waals surface area (Å²) in [5.74, 6) is 2.74. The zero-order valence-corrected chi connectivity index (χ0v) is 14.0. The molecule has 24 heavy (non-hydrogen) atoms. The van der Waals surface area contributed by atoms with E-state index in [4.69, 9.17) is 14.2 Å². The lowest BCUT2D eigenvalue weighted by Gasteiger charge is -2.14. The number of ether oxygens (including phenoxy) is 3. The molecule has 0 radical (unpaired) electrons. The molecule has 0 aliphatic carbocycles. The Morgan fingerprint density at radius 2 is 1.54 bits per heavy atom. The van der Waals surface area contributed by atoms with Crippen molar-refractivity contribution in [2.45, 2.75) is 0 Å². The molecule has 0 saturated heterocycles. The van der Waals surface area contributed by atoms with Gasteiger partial charge in [0.1, 0.15) is 0 Å². The largest absolute Gasteiger partial charge is 0.493 e. The summed E-state index contributed by atoms with van der Waals surface area (Å²) in [6, 6.07) is 3.49. The van der Waals surface area contributed by atoms with E-state index in [1.54, 1.807) is 26.2 Å². The highest BCUT2D eigenvalue weighted by atomic mass is 16.5. The van der Waals surface area contributed by atoms with Crippen molar-refractivity contribution in [1.82, 2.24) is 24.3 Å². The average molecular weight is 331 g/mol. The van der Waals surface area contributed by atoms with Gasteiger partial charge in [-0.05, 0) is 12.1 Å². The summed E-state index contributed by atoms with van der Waals surface area (Å²) in [4.78, 5) is 20.1. The highest BCUT2D eigenvalue weighted by Crippen LogP contribution is 2.40. The van der Waals surface area contributed by atoms with Crippen LogP contribution < -0.4 is 19.9 Å². The Morgan fingerprint density at radius 1 is 0.917 bits per heavy atom. The molecule has 0 atom stereocenters. The summed E-state index contributed by atoms with van der Waals surface area (Å²) in [5.41, 5.74) is 0.285. The minimum Gasteiger partial charge on any atom is -0.493 e. The monoisotopic (exact) mass is 331 g/mol. The summed E-state index contributed by atoms with van der Waals surface area (Å²) in [7, 11) is 7.93. The Balaban J connectivity index is 2.26. The van der Waals surface area contributed by atoms with Gasteiger partial charge in [-0.1, -0.05) is 0 Å². The van der Waals surface area contributed by atoms with E-state index in [9.17, 15) is 4.79 Å². The smallest absolute Gasteiger partial charge is 0.351 e. The minimum atomic E-state index is -0.378. The second kappa shape index (κ2) is 5.84. The Bertz CT molecular complexity index is 905. The van der Waals surface area contributed by atoms with Crippen molar-refractivity contribution in [3.8, 4) is 40.3 Å². The summed E-state index contributed by atoms with van der Waals surface area (Å²) in [6.45, 7) is 0. The van der Waals surface area contributed by atoms with Crippen LogP contribution in [0.25, 0.3) is 23.0 Å². The van der Waals surface area contributed by atoms with Gasteiger partial charge in [0.05, 0.1) is 21.3 Å². The summed E-state index contributed by atoms with van der Waals surface area (Å²) < 4.78 is 18.9. The average Bonchev–Trinajstić information content (AvgIpc) is 2.89. The number of fused-ring (bicyclic) bond motifs is 1. The molecular weight excluding hydrogens is 314 g/mol. The molecule has 3 rings (SSSR count). The Hall–Kier alpha value is -3.10. The maximum atomic E-state index is 11.7. The number of rotatable bonds is 4. The van der Waals surface area contributed by atoms with Crippen LogP contribution in [0, 0.1) is 0 Å². The third-order valence-corrected chi connectivity index (χ3v) is 3.69. The number of aryl methyl sites for hydroxylation is 1. The van der Waals surface area contributed by atoms with Gasteiger partial charge < -0.3 is 14.2 Å². The molecule has 1 aromatic carbocycles. The van der Waals surface area contributed by atoms with Gasteiger partial charge in [0.25, 0.3) is 0 Å². The number of methoxy groups -OCH3 is 3. The highest BCUT2D eigenvalue weighted by Gasteiger charge is 2.21. The van der Waals surface area contributed by atoms with Gasteiger partial charge in [0.15, 0.2) is 29.0 Å². The fourth-order valence-corrected chi connectivity index (χ4v) is 2.44. The van der Waals surface area contributed by atoms with Crippen LogP contribution >= 0.6 is 0 Å². The zero-order chi connectivity index (χ0) is 17.4. The van der Waals surface area contributed by atoms with Gasteiger partial charge in [-0.3, -0.25) is 4.57 Å². The molecule has 126 valence electrons. The van der Waals surface area contributed by atoms with Gasteiger partial charge >= 0.3 is 5.69 Å². The lowest BCUT2D eigenvalue weighted by molar-refractivity contribution is 0.324. The van der Waals surface area contributed by atoms with Crippen molar-refractivity contribution < 1.29 is 14.2 Å². The summed E-state index contributed by atoms with van der Waals surface area (Å²) in [5, 5.41) is 4.37. The first kappa shape index (κ1) is 15.8. The van der Waals surface area contributed by atoms with E-state index in [2.05, 4.69) is 15.1 Å². The van der Waals surface area contributed by atoms with Crippen molar-refractivity contribution in [1.29, 1.82) is 0 Å². The van der Waals surface area contributed by atoms with Crippen LogP contribution in [0.1, 0.15) is 0 Å². The first-order valence-electron chi connectivity index (χ1n) is 7.08. The molecule has 2 aliphatic heterocycles. The summed E-state index contributed by atoms with van der Waals surface area (Å²) in [6.07, 6.45) is 0. The van der Waals surface area contributed by atoms with E-state index >= 15 is 0 Å². The first-order valence-corrected chi connectivity index (χ1v) is 7.08. The van der Waals surface area contributed by atoms with E-state index < -0.39 is 0 Å². The number of aromatic nitrogens is 5. The predicted octanol–water partition coefficient (Wildman–Crippen LogP) is 0.706. The van der Waals surface area contributed by atoms with Crippen LogP contribution in [0.3, 0.4) is 0 Å². The maximum absolute atomic E-state index is 11.7. The van der Waals surface area contributed by atoms with Gasteiger partial charge in [-0.2, -0.15) is 10.1 Å². The number of hydrogen-bond donors (Lipinski definition) is 0. The summed E-state index contributed by atoms with van der Waals surface area (Å²) >= 11 is 0. The second-order valence-corrected chi connectivity index (χ2v) is 5.07. The van der Waals surface area contributed by atoms with E-state index in [0.29, 0.717) is 40.3 Å². The number of imidazole rings is 1. The maximum Gasteiger partial charge on any atom is 0.351 e. The van der Waals surface area contributed by atoms with Gasteiger partial charge in [-0.15, -0.1) is 0 Å². The predicted molar refractivity (Wildman–Crippen MR) is 85.8 cm³/mol. The number of hydrogen-bond acceptors (Lipinski definition) is 7. The molecule has 9 nitrogen and oxygen atoms in total. The molecule has 2 aliphatic rings. The molecule has 0 unspecified atom stereocenters. The van der Waals surface area contributed by atoms with Gasteiger partial charge in [0.2, 0.25) is 5.75 Å². The SMILES string of the molecule is COc1cc(-c2nc3n(C)c(=O)nc-3n(C)n2)cc(OC)c1OC. The molecular formula is C15H17N5O4. The van der Waals surface area contributed by atoms with Gasteiger partial charge in [0, 0.05) is 19.7 Å². The van der Waals surface area contributed by atoms with Crippen LogP contribution in [0.4, 0.5) is 0 Å². The van der Waals surface area contributed by atoms with E-state index in [1.807, 2.05) is 0 Å². The van der Waals surface area contributed by atoms with E-state index in [1.165, 1.54) is 30.6 Å². The van der Waals surface area contributed by atoms with Crippen molar-refractivity contribution in [3.05, 3.63) is 22.6 Å². The number of benzene rings is 1. The molecule has 0 amide bonds. The molecule has 2 heterocycles. The van der Waals surface area contributed by atoms with Crippen LogP contribution in [-0.4, -0.2) is 45.6 Å². The minimum absolute atomic E-state index is 0.378. The lowest BCUT2D eigenvalue weighted by Crippen LogP contribution is -2.13. The zero-order valence-electron chi connectivity index (χ0n) is 14.0. The second-order valence-electron chi connectivity index (χ2n) is 5.07. The van der Waals surface area contributed by atoms with Crippen LogP contribution in [-0.2, 0) is 14.1 Å². The van der Waals surface area contributed by atoms with Crippen LogP contribution in [0.2, 0.25) is 0 Å². The molecule has 0 fully saturated rings. The molecule has 0 N–H and O–H groups in total. The van der Waals surface area contributed by atoms with Crippen molar-refractivity contribution in [2.75, 3.05) is 21.3 Å². The molecule has 9 heteroatoms. The third-order valence-electron chi connectivity index (χ3n) is 3.69. The Labute approximate surface area is 137 Å². The van der Waals surface area contributed by atoms with Crippen LogP contribution in [0.15, 0.2) is 16.9 Å². The van der Waals surface area contributed by atoms with Crippen molar-refractivity contribution >= 4 is 0 Å². The van der Waals surface area contributed by atoms with Crippen LogP contribution in [0.5, 0.6) is 17.2 Å². The van der Waals surface area contributed by atoms with E-state index in [0.717, 1.165) is 0 Å². The highest BCUT2D eigenvalue weighted by molar-refractivity contribution is 5.67. The fraction of sp³-hybridized carbons (Fsp3) is 0.333. The molecule has 0 aromatic heterocycles. The Morgan fingerprint density at radius 3 is 2.08 bits per heavy atom. The quantitative estimate of drug-likeness (QED) is 0.695. The topological polar surface area (TPSA) is 93.3 Å². The van der Waals surface area contributed by atoms with Gasteiger partial charge in [-0.25, -0.2) is 14.5 Å². The molecule has 0 bridgehead atoms. The Kier molecular flexibility index (Phi) is 3.84. The first-order chi connectivity index (χ1) is 11.5. The molecule has 1 aromatic rings. The normalized spacial score (nSPS) is 10.9. The number of nitrogens with zero attached hydrogens (tertiary/aromatic N) is 5. The molecule has 0 saturated carbocycles. The van der Waals surface area contributed by atoms with Crippen molar-refractivity contribution in [3.63, 3.8) is 0 Å². The third kappa shape index (κ3) is 2.34. The van der Waals surface area contributed by atoms with E-state index in [-0.39, 0.29) is 5.69 Å². The van der Waals surface area contributed by atoms with Crippen molar-refractivity contribution in [2.24, 2.45) is 14.1 Å². The fourth-order valence-electron chi connectivity index (χ4n) is 2.44. The lowest BCUT2D eigenvalue weighted by atomic mass is 10.1. The molecule has 0 spiro atoms. The standard InChI is InChI=1S/C15H17N5O4/c1-19-13-14(17-15(19)21)20(2)18-12(16-13)8-6-9(22-3)11(24-5)10(7-8)23-4/h6-7H,1-5H3.